The molecule has 0 radical (unpaired) electrons. The van der Waals surface area contributed by atoms with Crippen LogP contribution in [-0.4, -0.2) is 65.7 Å². The SMILES string of the molecule is Cc1c(C(=O)NCCCN2CCOCC2)sc2ncn(CC(=O)Nc3cccc(C(F)(F)F)c3)c(=O)c12. The number of rotatable bonds is 8. The second kappa shape index (κ2) is 11.4. The van der Waals surface area contributed by atoms with Crippen LogP contribution in [-0.2, 0) is 22.3 Å². The normalized spacial score (nSPS) is 14.6. The van der Waals surface area contributed by atoms with Crippen molar-refractivity contribution in [2.24, 2.45) is 0 Å². The molecule has 1 aliphatic rings. The maximum absolute atomic E-state index is 13.0. The Morgan fingerprint density at radius 1 is 1.22 bits per heavy atom. The number of hydrogen-bond acceptors (Lipinski definition) is 7. The van der Waals surface area contributed by atoms with E-state index in [-0.39, 0.29) is 17.0 Å². The molecule has 4 rings (SSSR count). The maximum Gasteiger partial charge on any atom is 0.416 e. The van der Waals surface area contributed by atoms with Gasteiger partial charge in [-0.3, -0.25) is 23.9 Å². The van der Waals surface area contributed by atoms with Crippen LogP contribution >= 0.6 is 11.3 Å². The van der Waals surface area contributed by atoms with E-state index in [9.17, 15) is 27.6 Å². The molecule has 1 saturated heterocycles. The molecule has 1 aliphatic heterocycles. The molecule has 37 heavy (non-hydrogen) atoms. The Bertz CT molecular complexity index is 1350. The Morgan fingerprint density at radius 3 is 2.70 bits per heavy atom. The average molecular weight is 538 g/mol. The maximum atomic E-state index is 13.0. The highest BCUT2D eigenvalue weighted by Gasteiger charge is 2.30. The third-order valence-electron chi connectivity index (χ3n) is 5.95. The molecule has 3 aromatic rings. The molecule has 9 nitrogen and oxygen atoms in total. The standard InChI is InChI=1S/C24H26F3N5O4S/c1-15-19-22(37-20(15)21(34)28-6-3-7-31-8-10-36-11-9-31)29-14-32(23(19)35)13-18(33)30-17-5-2-4-16(12-17)24(25,26)27/h2,4-5,12,14H,3,6-11,13H2,1H3,(H,28,34)(H,30,33). The lowest BCUT2D eigenvalue weighted by Crippen LogP contribution is -2.38. The Hall–Kier alpha value is -3.29. The van der Waals surface area contributed by atoms with E-state index in [4.69, 9.17) is 4.74 Å². The first-order valence-electron chi connectivity index (χ1n) is 11.7. The van der Waals surface area contributed by atoms with E-state index in [2.05, 4.69) is 20.5 Å². The number of alkyl halides is 3. The van der Waals surface area contributed by atoms with Crippen molar-refractivity contribution in [1.29, 1.82) is 0 Å². The fourth-order valence-corrected chi connectivity index (χ4v) is 5.08. The average Bonchev–Trinajstić information content (AvgIpc) is 3.21. The van der Waals surface area contributed by atoms with Crippen LogP contribution in [0.3, 0.4) is 0 Å². The van der Waals surface area contributed by atoms with Crippen LogP contribution < -0.4 is 16.2 Å². The molecule has 198 valence electrons. The van der Waals surface area contributed by atoms with Gasteiger partial charge >= 0.3 is 6.18 Å². The zero-order valence-corrected chi connectivity index (χ0v) is 20.9. The molecule has 0 saturated carbocycles. The molecule has 13 heteroatoms. The monoisotopic (exact) mass is 537 g/mol. The third-order valence-corrected chi connectivity index (χ3v) is 7.15. The quantitative estimate of drug-likeness (QED) is 0.428. The summed E-state index contributed by atoms with van der Waals surface area (Å²) in [6.45, 7) is 5.71. The second-order valence-electron chi connectivity index (χ2n) is 8.60. The molecule has 0 atom stereocenters. The topological polar surface area (TPSA) is 106 Å². The number of nitrogens with zero attached hydrogens (tertiary/aromatic N) is 3. The summed E-state index contributed by atoms with van der Waals surface area (Å²) in [6.07, 6.45) is -2.58. The first kappa shape index (κ1) is 26.8. The van der Waals surface area contributed by atoms with Gasteiger partial charge in [-0.2, -0.15) is 13.2 Å². The van der Waals surface area contributed by atoms with Gasteiger partial charge in [-0.1, -0.05) is 6.07 Å². The molecule has 2 aromatic heterocycles. The van der Waals surface area contributed by atoms with Gasteiger partial charge in [-0.05, 0) is 43.7 Å². The van der Waals surface area contributed by atoms with E-state index >= 15 is 0 Å². The van der Waals surface area contributed by atoms with Gasteiger partial charge in [0.05, 0.1) is 35.4 Å². The Morgan fingerprint density at radius 2 is 1.97 bits per heavy atom. The van der Waals surface area contributed by atoms with Crippen molar-refractivity contribution in [2.75, 3.05) is 44.7 Å². The fraction of sp³-hybridized carbons (Fsp3) is 0.417. The molecule has 1 aromatic carbocycles. The lowest BCUT2D eigenvalue weighted by molar-refractivity contribution is -0.137. The number of benzene rings is 1. The van der Waals surface area contributed by atoms with Gasteiger partial charge < -0.3 is 15.4 Å². The summed E-state index contributed by atoms with van der Waals surface area (Å²) in [5.41, 5.74) is -0.979. The van der Waals surface area contributed by atoms with Crippen LogP contribution in [0, 0.1) is 6.92 Å². The number of aromatic nitrogens is 2. The lowest BCUT2D eigenvalue weighted by Gasteiger charge is -2.26. The van der Waals surface area contributed by atoms with E-state index in [0.717, 1.165) is 54.1 Å². The van der Waals surface area contributed by atoms with Crippen LogP contribution in [0.4, 0.5) is 18.9 Å². The summed E-state index contributed by atoms with van der Waals surface area (Å²) in [4.78, 5) is 45.5. The zero-order valence-electron chi connectivity index (χ0n) is 20.1. The predicted molar refractivity (Wildman–Crippen MR) is 133 cm³/mol. The fourth-order valence-electron chi connectivity index (χ4n) is 4.03. The molecular formula is C24H26F3N5O4S. The number of fused-ring (bicyclic) bond motifs is 1. The number of hydrogen-bond donors (Lipinski definition) is 2. The largest absolute Gasteiger partial charge is 0.416 e. The Kier molecular flexibility index (Phi) is 8.25. The van der Waals surface area contributed by atoms with Gasteiger partial charge in [0.25, 0.3) is 11.5 Å². The first-order valence-corrected chi connectivity index (χ1v) is 12.5. The van der Waals surface area contributed by atoms with Crippen molar-refractivity contribution in [1.82, 2.24) is 19.8 Å². The number of nitrogens with one attached hydrogen (secondary N) is 2. The van der Waals surface area contributed by atoms with Crippen molar-refractivity contribution in [3.63, 3.8) is 0 Å². The molecule has 0 spiro atoms. The van der Waals surface area contributed by atoms with Gasteiger partial charge in [-0.15, -0.1) is 11.3 Å². The summed E-state index contributed by atoms with van der Waals surface area (Å²) < 4.78 is 45.1. The van der Waals surface area contributed by atoms with Crippen LogP contribution in [0.5, 0.6) is 0 Å². The van der Waals surface area contributed by atoms with Gasteiger partial charge in [0.15, 0.2) is 0 Å². The summed E-state index contributed by atoms with van der Waals surface area (Å²) in [7, 11) is 0. The number of carbonyl (C=O) groups is 2. The van der Waals surface area contributed by atoms with Crippen molar-refractivity contribution in [3.8, 4) is 0 Å². The summed E-state index contributed by atoms with van der Waals surface area (Å²) >= 11 is 1.10. The van der Waals surface area contributed by atoms with E-state index in [0.29, 0.717) is 35.0 Å². The molecule has 0 aliphatic carbocycles. The smallest absolute Gasteiger partial charge is 0.379 e. The van der Waals surface area contributed by atoms with Crippen LogP contribution in [0.2, 0.25) is 0 Å². The minimum absolute atomic E-state index is 0.0406. The summed E-state index contributed by atoms with van der Waals surface area (Å²) in [6, 6.07) is 4.22. The molecule has 1 fully saturated rings. The van der Waals surface area contributed by atoms with E-state index in [1.54, 1.807) is 6.92 Å². The van der Waals surface area contributed by atoms with Gasteiger partial charge in [0.2, 0.25) is 5.91 Å². The zero-order chi connectivity index (χ0) is 26.6. The summed E-state index contributed by atoms with van der Waals surface area (Å²) in [5.74, 6) is -0.982. The molecule has 3 heterocycles. The van der Waals surface area contributed by atoms with E-state index in [1.165, 1.54) is 18.5 Å². The van der Waals surface area contributed by atoms with Crippen LogP contribution in [0.1, 0.15) is 27.2 Å². The summed E-state index contributed by atoms with van der Waals surface area (Å²) in [5, 5.41) is 5.49. The number of anilines is 1. The highest BCUT2D eigenvalue weighted by atomic mass is 32.1. The van der Waals surface area contributed by atoms with Crippen molar-refractivity contribution >= 4 is 39.1 Å². The highest BCUT2D eigenvalue weighted by molar-refractivity contribution is 7.20. The Labute approximate surface area is 214 Å². The number of aryl methyl sites for hydroxylation is 1. The van der Waals surface area contributed by atoms with Crippen LogP contribution in [0.25, 0.3) is 10.2 Å². The molecule has 2 amide bonds. The molecule has 0 unspecified atom stereocenters. The Balaban J connectivity index is 1.40. The van der Waals surface area contributed by atoms with E-state index in [1.807, 2.05) is 0 Å². The second-order valence-corrected chi connectivity index (χ2v) is 9.60. The van der Waals surface area contributed by atoms with Gasteiger partial charge in [0.1, 0.15) is 11.4 Å². The van der Waals surface area contributed by atoms with Crippen molar-refractivity contribution < 1.29 is 27.5 Å². The lowest BCUT2D eigenvalue weighted by atomic mass is 10.2. The van der Waals surface area contributed by atoms with Gasteiger partial charge in [-0.25, -0.2) is 4.98 Å². The third kappa shape index (κ3) is 6.53. The number of amides is 2. The number of carbonyl (C=O) groups excluding carboxylic acids is 2. The minimum Gasteiger partial charge on any atom is -0.379 e. The number of ether oxygens (including phenoxy) is 1. The minimum atomic E-state index is -4.55. The van der Waals surface area contributed by atoms with Gasteiger partial charge in [0, 0.05) is 25.3 Å². The molecular weight excluding hydrogens is 511 g/mol. The number of halogens is 3. The number of thiophene rings is 1. The predicted octanol–water partition coefficient (Wildman–Crippen LogP) is 2.88. The van der Waals surface area contributed by atoms with E-state index < -0.39 is 29.8 Å². The van der Waals surface area contributed by atoms with Crippen molar-refractivity contribution in [2.45, 2.75) is 26.1 Å². The molecule has 2 N–H and O–H groups in total. The highest BCUT2D eigenvalue weighted by Crippen LogP contribution is 2.30. The number of morpholine rings is 1. The van der Waals surface area contributed by atoms with Crippen LogP contribution in [0.15, 0.2) is 35.4 Å². The first-order chi connectivity index (χ1) is 17.6. The van der Waals surface area contributed by atoms with Crippen molar-refractivity contribution in [3.05, 3.63) is 57.0 Å². The molecule has 0 bridgehead atoms.